The molecular weight excluding hydrogens is 268 g/mol. The van der Waals surface area contributed by atoms with E-state index in [9.17, 15) is 4.79 Å². The van der Waals surface area contributed by atoms with Crippen LogP contribution >= 0.6 is 11.3 Å². The van der Waals surface area contributed by atoms with Crippen LogP contribution in [0.3, 0.4) is 0 Å². The number of carbonyl (C=O) groups excluding carboxylic acids is 1. The molecule has 102 valence electrons. The van der Waals surface area contributed by atoms with Gasteiger partial charge in [0.15, 0.2) is 0 Å². The molecule has 0 aliphatic carbocycles. The van der Waals surface area contributed by atoms with Gasteiger partial charge in [0.2, 0.25) is 0 Å². The standard InChI is InChI=1S/C16H16N2OS/c1-11(9-14-3-2-8-20-14)18-16(19)13-4-5-15-12(10-13)6-7-17-15/h2-8,10-11,17H,9H2,1H3,(H,18,19). The van der Waals surface area contributed by atoms with Crippen molar-refractivity contribution in [2.45, 2.75) is 19.4 Å². The summed E-state index contributed by atoms with van der Waals surface area (Å²) >= 11 is 1.72. The van der Waals surface area contributed by atoms with Crippen LogP contribution in [0.4, 0.5) is 0 Å². The van der Waals surface area contributed by atoms with E-state index in [1.165, 1.54) is 4.88 Å². The molecule has 4 heteroatoms. The maximum atomic E-state index is 12.2. The number of aromatic nitrogens is 1. The van der Waals surface area contributed by atoms with Crippen LogP contribution in [-0.4, -0.2) is 16.9 Å². The third-order valence-electron chi connectivity index (χ3n) is 3.28. The fourth-order valence-corrected chi connectivity index (χ4v) is 3.12. The van der Waals surface area contributed by atoms with Crippen LogP contribution in [0.2, 0.25) is 0 Å². The lowest BCUT2D eigenvalue weighted by atomic mass is 10.1. The highest BCUT2D eigenvalue weighted by Crippen LogP contribution is 2.15. The second-order valence-corrected chi connectivity index (χ2v) is 5.97. The lowest BCUT2D eigenvalue weighted by Gasteiger charge is -2.13. The van der Waals surface area contributed by atoms with Gasteiger partial charge in [-0.1, -0.05) is 6.07 Å². The van der Waals surface area contributed by atoms with E-state index in [1.54, 1.807) is 11.3 Å². The summed E-state index contributed by atoms with van der Waals surface area (Å²) in [5.74, 6) is -0.0165. The minimum Gasteiger partial charge on any atom is -0.361 e. The largest absolute Gasteiger partial charge is 0.361 e. The first kappa shape index (κ1) is 12.9. The molecule has 3 aromatic rings. The average molecular weight is 284 g/mol. The lowest BCUT2D eigenvalue weighted by molar-refractivity contribution is 0.0940. The normalized spacial score (nSPS) is 12.4. The van der Waals surface area contributed by atoms with E-state index in [0.29, 0.717) is 5.56 Å². The Balaban J connectivity index is 1.68. The molecule has 0 radical (unpaired) electrons. The van der Waals surface area contributed by atoms with E-state index < -0.39 is 0 Å². The van der Waals surface area contributed by atoms with Crippen molar-refractivity contribution in [1.82, 2.24) is 10.3 Å². The summed E-state index contributed by atoms with van der Waals surface area (Å²) in [4.78, 5) is 16.6. The summed E-state index contributed by atoms with van der Waals surface area (Å²) in [6.45, 7) is 2.03. The van der Waals surface area contributed by atoms with Crippen LogP contribution in [0.25, 0.3) is 10.9 Å². The van der Waals surface area contributed by atoms with Crippen LogP contribution in [0.5, 0.6) is 0 Å². The predicted molar refractivity (Wildman–Crippen MR) is 83.2 cm³/mol. The van der Waals surface area contributed by atoms with Crippen LogP contribution in [0.15, 0.2) is 48.0 Å². The molecule has 2 aromatic heterocycles. The highest BCUT2D eigenvalue weighted by molar-refractivity contribution is 7.09. The van der Waals surface area contributed by atoms with E-state index in [1.807, 2.05) is 43.5 Å². The maximum Gasteiger partial charge on any atom is 0.251 e. The van der Waals surface area contributed by atoms with Gasteiger partial charge in [-0.3, -0.25) is 4.79 Å². The molecule has 0 spiro atoms. The van der Waals surface area contributed by atoms with Crippen molar-refractivity contribution in [2.24, 2.45) is 0 Å². The van der Waals surface area contributed by atoms with Crippen LogP contribution in [0.1, 0.15) is 22.2 Å². The first-order valence-corrected chi connectivity index (χ1v) is 7.51. The summed E-state index contributed by atoms with van der Waals surface area (Å²) in [5, 5.41) is 6.17. The number of carbonyl (C=O) groups is 1. The molecule has 3 rings (SSSR count). The van der Waals surface area contributed by atoms with E-state index in [-0.39, 0.29) is 11.9 Å². The van der Waals surface area contributed by atoms with E-state index in [0.717, 1.165) is 17.3 Å². The lowest BCUT2D eigenvalue weighted by Crippen LogP contribution is -2.33. The molecule has 1 atom stereocenters. The van der Waals surface area contributed by atoms with Gasteiger partial charge in [0.05, 0.1) is 0 Å². The Morgan fingerprint density at radius 1 is 1.35 bits per heavy atom. The van der Waals surface area contributed by atoms with Gasteiger partial charge in [0.25, 0.3) is 5.91 Å². The van der Waals surface area contributed by atoms with Crippen LogP contribution in [0, 0.1) is 0 Å². The van der Waals surface area contributed by atoms with Gasteiger partial charge < -0.3 is 10.3 Å². The molecule has 0 fully saturated rings. The number of thiophene rings is 1. The number of aromatic amines is 1. The molecule has 1 unspecified atom stereocenters. The topological polar surface area (TPSA) is 44.9 Å². The second-order valence-electron chi connectivity index (χ2n) is 4.94. The molecule has 2 N–H and O–H groups in total. The Bertz CT molecular complexity index is 715. The fraction of sp³-hybridized carbons (Fsp3) is 0.188. The number of rotatable bonds is 4. The number of hydrogen-bond acceptors (Lipinski definition) is 2. The van der Waals surface area contributed by atoms with Crippen molar-refractivity contribution < 1.29 is 4.79 Å². The van der Waals surface area contributed by atoms with E-state index >= 15 is 0 Å². The first-order valence-electron chi connectivity index (χ1n) is 6.63. The van der Waals surface area contributed by atoms with Crippen molar-refractivity contribution in [3.63, 3.8) is 0 Å². The molecular formula is C16H16N2OS. The maximum absolute atomic E-state index is 12.2. The van der Waals surface area contributed by atoms with E-state index in [2.05, 4.69) is 21.7 Å². The number of amides is 1. The number of fused-ring (bicyclic) bond motifs is 1. The molecule has 1 amide bonds. The summed E-state index contributed by atoms with van der Waals surface area (Å²) < 4.78 is 0. The number of nitrogens with one attached hydrogen (secondary N) is 2. The smallest absolute Gasteiger partial charge is 0.251 e. The summed E-state index contributed by atoms with van der Waals surface area (Å²) in [7, 11) is 0. The third kappa shape index (κ3) is 2.75. The molecule has 2 heterocycles. The first-order chi connectivity index (χ1) is 9.72. The molecule has 20 heavy (non-hydrogen) atoms. The van der Waals surface area contributed by atoms with Gasteiger partial charge >= 0.3 is 0 Å². The van der Waals surface area contributed by atoms with Crippen molar-refractivity contribution >= 4 is 28.1 Å². The summed E-state index contributed by atoms with van der Waals surface area (Å²) in [6, 6.07) is 11.9. The zero-order valence-corrected chi connectivity index (χ0v) is 12.0. The van der Waals surface area contributed by atoms with Crippen molar-refractivity contribution in [1.29, 1.82) is 0 Å². The van der Waals surface area contributed by atoms with Gasteiger partial charge in [-0.25, -0.2) is 0 Å². The molecule has 0 aliphatic rings. The Kier molecular flexibility index (Phi) is 3.56. The Labute approximate surface area is 121 Å². The molecule has 1 aromatic carbocycles. The quantitative estimate of drug-likeness (QED) is 0.755. The van der Waals surface area contributed by atoms with Gasteiger partial charge in [-0.2, -0.15) is 0 Å². The Hall–Kier alpha value is -2.07. The summed E-state index contributed by atoms with van der Waals surface area (Å²) in [5.41, 5.74) is 1.75. The molecule has 0 saturated carbocycles. The summed E-state index contributed by atoms with van der Waals surface area (Å²) in [6.07, 6.45) is 2.75. The number of H-pyrrole nitrogens is 1. The second kappa shape index (κ2) is 5.51. The Morgan fingerprint density at radius 2 is 2.25 bits per heavy atom. The molecule has 0 aliphatic heterocycles. The molecule has 3 nitrogen and oxygen atoms in total. The SMILES string of the molecule is CC(Cc1cccs1)NC(=O)c1ccc2[nH]ccc2c1. The van der Waals surface area contributed by atoms with E-state index in [4.69, 9.17) is 0 Å². The minimum absolute atomic E-state index is 0.0165. The van der Waals surface area contributed by atoms with Crippen molar-refractivity contribution in [2.75, 3.05) is 0 Å². The van der Waals surface area contributed by atoms with Crippen molar-refractivity contribution in [3.05, 3.63) is 58.4 Å². The van der Waals surface area contributed by atoms with Gasteiger partial charge in [-0.05, 0) is 42.6 Å². The van der Waals surface area contributed by atoms with Gasteiger partial charge in [-0.15, -0.1) is 11.3 Å². The Morgan fingerprint density at radius 3 is 3.05 bits per heavy atom. The van der Waals surface area contributed by atoms with Crippen LogP contribution in [-0.2, 0) is 6.42 Å². The monoisotopic (exact) mass is 284 g/mol. The average Bonchev–Trinajstić information content (AvgIpc) is 3.07. The molecule has 0 bridgehead atoms. The van der Waals surface area contributed by atoms with Crippen molar-refractivity contribution in [3.8, 4) is 0 Å². The van der Waals surface area contributed by atoms with Crippen LogP contribution < -0.4 is 5.32 Å². The number of benzene rings is 1. The minimum atomic E-state index is -0.0165. The van der Waals surface area contributed by atoms with Gasteiger partial charge in [0, 0.05) is 40.0 Å². The predicted octanol–water partition coefficient (Wildman–Crippen LogP) is 3.59. The molecule has 0 saturated heterocycles. The third-order valence-corrected chi connectivity index (χ3v) is 4.18. The highest BCUT2D eigenvalue weighted by atomic mass is 32.1. The zero-order valence-electron chi connectivity index (χ0n) is 11.2. The number of hydrogen-bond donors (Lipinski definition) is 2. The fourth-order valence-electron chi connectivity index (χ4n) is 2.28. The van der Waals surface area contributed by atoms with Gasteiger partial charge in [0.1, 0.15) is 0 Å². The highest BCUT2D eigenvalue weighted by Gasteiger charge is 2.11. The zero-order chi connectivity index (χ0) is 13.9.